The monoisotopic (exact) mass is 349 g/mol. The van der Waals surface area contributed by atoms with Gasteiger partial charge in [-0.25, -0.2) is 9.48 Å². The van der Waals surface area contributed by atoms with E-state index in [4.69, 9.17) is 14.2 Å². The Balaban J connectivity index is 2.32. The zero-order chi connectivity index (χ0) is 18.6. The molecule has 0 aliphatic heterocycles. The number of benzene rings is 1. The first-order valence-corrected chi connectivity index (χ1v) is 7.24. The second-order valence-electron chi connectivity index (χ2n) is 5.05. The zero-order valence-corrected chi connectivity index (χ0v) is 14.3. The molecule has 1 amide bonds. The molecule has 2 aromatic rings. The number of hydrogen-bond donors (Lipinski definition) is 2. The van der Waals surface area contributed by atoms with Crippen LogP contribution in [-0.2, 0) is 11.8 Å². The van der Waals surface area contributed by atoms with E-state index in [1.807, 2.05) is 0 Å². The highest BCUT2D eigenvalue weighted by molar-refractivity contribution is 5.95. The number of nitrogens with zero attached hydrogens (tertiary/aromatic N) is 2. The van der Waals surface area contributed by atoms with Crippen molar-refractivity contribution in [2.24, 2.45) is 7.05 Å². The van der Waals surface area contributed by atoms with Crippen LogP contribution in [0, 0.1) is 0 Å². The normalized spacial score (nSPS) is 11.5. The van der Waals surface area contributed by atoms with Crippen molar-refractivity contribution in [3.05, 3.63) is 35.5 Å². The fourth-order valence-electron chi connectivity index (χ4n) is 2.29. The number of ether oxygens (including phenoxy) is 3. The molecule has 0 saturated heterocycles. The van der Waals surface area contributed by atoms with Gasteiger partial charge < -0.3 is 24.6 Å². The van der Waals surface area contributed by atoms with Crippen molar-refractivity contribution < 1.29 is 28.9 Å². The second-order valence-corrected chi connectivity index (χ2v) is 5.05. The lowest BCUT2D eigenvalue weighted by molar-refractivity contribution is -0.139. The van der Waals surface area contributed by atoms with E-state index in [9.17, 15) is 14.7 Å². The average molecular weight is 349 g/mol. The maximum atomic E-state index is 12.4. The van der Waals surface area contributed by atoms with Gasteiger partial charge in [0.25, 0.3) is 5.91 Å². The molecular weight excluding hydrogens is 330 g/mol. The summed E-state index contributed by atoms with van der Waals surface area (Å²) in [6.45, 7) is 0. The number of carboxylic acids is 1. The van der Waals surface area contributed by atoms with Gasteiger partial charge in [0.2, 0.25) is 5.88 Å². The Kier molecular flexibility index (Phi) is 5.48. The van der Waals surface area contributed by atoms with Gasteiger partial charge in [-0.05, 0) is 12.1 Å². The molecule has 0 spiro atoms. The molecule has 9 heteroatoms. The highest BCUT2D eigenvalue weighted by Crippen LogP contribution is 2.30. The number of carbonyl (C=O) groups is 2. The molecule has 134 valence electrons. The van der Waals surface area contributed by atoms with E-state index in [0.29, 0.717) is 11.6 Å². The minimum Gasteiger partial charge on any atom is -0.497 e. The van der Waals surface area contributed by atoms with Crippen molar-refractivity contribution >= 4 is 11.9 Å². The van der Waals surface area contributed by atoms with Crippen LogP contribution in [0.4, 0.5) is 0 Å². The van der Waals surface area contributed by atoms with E-state index in [2.05, 4.69) is 10.4 Å². The number of rotatable bonds is 7. The third-order valence-electron chi connectivity index (χ3n) is 3.55. The number of aliphatic carboxylic acids is 1. The Bertz CT molecular complexity index is 786. The predicted octanol–water partition coefficient (Wildman–Crippen LogP) is 1.00. The smallest absolute Gasteiger partial charge is 0.331 e. The standard InChI is InChI=1S/C16H19N3O6/c1-19-13(25-4)8-11(18-19)15(20)17-14(16(21)22)10-6-5-9(23-2)7-12(10)24-3/h5-8,14H,1-4H3,(H,17,20)(H,21,22). The minimum absolute atomic E-state index is 0.0399. The van der Waals surface area contributed by atoms with Crippen LogP contribution in [0.25, 0.3) is 0 Å². The summed E-state index contributed by atoms with van der Waals surface area (Å²) in [5.74, 6) is -0.723. The molecule has 0 aliphatic rings. The number of carbonyl (C=O) groups excluding carboxylic acids is 1. The molecule has 0 radical (unpaired) electrons. The number of aryl methyl sites for hydroxylation is 1. The summed E-state index contributed by atoms with van der Waals surface area (Å²) in [6.07, 6.45) is 0. The lowest BCUT2D eigenvalue weighted by Crippen LogP contribution is -2.34. The summed E-state index contributed by atoms with van der Waals surface area (Å²) >= 11 is 0. The van der Waals surface area contributed by atoms with Crippen LogP contribution >= 0.6 is 0 Å². The van der Waals surface area contributed by atoms with Crippen LogP contribution in [0.5, 0.6) is 17.4 Å². The Hall–Kier alpha value is -3.23. The lowest BCUT2D eigenvalue weighted by atomic mass is 10.0. The number of amides is 1. The third-order valence-corrected chi connectivity index (χ3v) is 3.55. The Morgan fingerprint density at radius 1 is 1.16 bits per heavy atom. The van der Waals surface area contributed by atoms with E-state index < -0.39 is 17.9 Å². The first kappa shape index (κ1) is 18.1. The molecule has 1 aromatic heterocycles. The maximum Gasteiger partial charge on any atom is 0.331 e. The molecule has 1 atom stereocenters. The SMILES string of the molecule is COc1ccc(C(NC(=O)c2cc(OC)n(C)n2)C(=O)O)c(OC)c1. The molecule has 25 heavy (non-hydrogen) atoms. The summed E-state index contributed by atoms with van der Waals surface area (Å²) in [5, 5.41) is 16.0. The predicted molar refractivity (Wildman–Crippen MR) is 87.1 cm³/mol. The highest BCUT2D eigenvalue weighted by atomic mass is 16.5. The van der Waals surface area contributed by atoms with Crippen molar-refractivity contribution in [1.29, 1.82) is 0 Å². The number of methoxy groups -OCH3 is 3. The van der Waals surface area contributed by atoms with Gasteiger partial charge in [-0.1, -0.05) is 0 Å². The number of hydrogen-bond acceptors (Lipinski definition) is 6. The summed E-state index contributed by atoms with van der Waals surface area (Å²) in [6, 6.07) is 4.75. The van der Waals surface area contributed by atoms with Gasteiger partial charge in [0, 0.05) is 24.7 Å². The quantitative estimate of drug-likeness (QED) is 0.767. The maximum absolute atomic E-state index is 12.4. The Morgan fingerprint density at radius 2 is 1.88 bits per heavy atom. The van der Waals surface area contributed by atoms with E-state index in [1.54, 1.807) is 19.2 Å². The van der Waals surface area contributed by atoms with E-state index in [0.717, 1.165) is 0 Å². The number of carboxylic acid groups (broad SMARTS) is 1. The van der Waals surface area contributed by atoms with Gasteiger partial charge in [-0.3, -0.25) is 4.79 Å². The topological polar surface area (TPSA) is 112 Å². The van der Waals surface area contributed by atoms with Crippen LogP contribution in [0.1, 0.15) is 22.1 Å². The Morgan fingerprint density at radius 3 is 2.40 bits per heavy atom. The number of aromatic nitrogens is 2. The molecular formula is C16H19N3O6. The molecule has 1 aromatic carbocycles. The van der Waals surface area contributed by atoms with Crippen molar-refractivity contribution in [1.82, 2.24) is 15.1 Å². The van der Waals surface area contributed by atoms with E-state index in [-0.39, 0.29) is 17.0 Å². The van der Waals surface area contributed by atoms with Crippen LogP contribution < -0.4 is 19.5 Å². The van der Waals surface area contributed by atoms with Gasteiger partial charge in [-0.15, -0.1) is 0 Å². The van der Waals surface area contributed by atoms with Crippen molar-refractivity contribution in [3.63, 3.8) is 0 Å². The molecule has 1 unspecified atom stereocenters. The van der Waals surface area contributed by atoms with E-state index in [1.165, 1.54) is 38.1 Å². The molecule has 2 N–H and O–H groups in total. The second kappa shape index (κ2) is 7.56. The number of nitrogens with one attached hydrogen (secondary N) is 1. The van der Waals surface area contributed by atoms with Crippen LogP contribution in [0.2, 0.25) is 0 Å². The van der Waals surface area contributed by atoms with Crippen LogP contribution in [0.15, 0.2) is 24.3 Å². The average Bonchev–Trinajstić information content (AvgIpc) is 2.99. The first-order valence-electron chi connectivity index (χ1n) is 7.24. The molecule has 9 nitrogen and oxygen atoms in total. The fourth-order valence-corrected chi connectivity index (χ4v) is 2.29. The molecule has 0 aliphatic carbocycles. The molecule has 1 heterocycles. The van der Waals surface area contributed by atoms with E-state index >= 15 is 0 Å². The molecule has 0 saturated carbocycles. The molecule has 0 bridgehead atoms. The van der Waals surface area contributed by atoms with Gasteiger partial charge >= 0.3 is 5.97 Å². The summed E-state index contributed by atoms with van der Waals surface area (Å²) in [5.41, 5.74) is 0.324. The fraction of sp³-hybridized carbons (Fsp3) is 0.312. The van der Waals surface area contributed by atoms with Crippen LogP contribution in [0.3, 0.4) is 0 Å². The van der Waals surface area contributed by atoms with Gasteiger partial charge in [-0.2, -0.15) is 5.10 Å². The van der Waals surface area contributed by atoms with Gasteiger partial charge in [0.05, 0.1) is 21.3 Å². The lowest BCUT2D eigenvalue weighted by Gasteiger charge is -2.17. The summed E-state index contributed by atoms with van der Waals surface area (Å²) < 4.78 is 16.7. The Labute approximate surface area is 144 Å². The first-order chi connectivity index (χ1) is 11.9. The summed E-state index contributed by atoms with van der Waals surface area (Å²) in [7, 11) is 5.94. The zero-order valence-electron chi connectivity index (χ0n) is 14.3. The highest BCUT2D eigenvalue weighted by Gasteiger charge is 2.27. The van der Waals surface area contributed by atoms with Crippen molar-refractivity contribution in [2.45, 2.75) is 6.04 Å². The summed E-state index contributed by atoms with van der Waals surface area (Å²) in [4.78, 5) is 24.0. The van der Waals surface area contributed by atoms with Crippen molar-refractivity contribution in [3.8, 4) is 17.4 Å². The van der Waals surface area contributed by atoms with Crippen molar-refractivity contribution in [2.75, 3.05) is 21.3 Å². The largest absolute Gasteiger partial charge is 0.497 e. The third kappa shape index (κ3) is 3.82. The van der Waals surface area contributed by atoms with Crippen LogP contribution in [-0.4, -0.2) is 48.1 Å². The van der Waals surface area contributed by atoms with Gasteiger partial charge in [0.1, 0.15) is 11.5 Å². The minimum atomic E-state index is -1.32. The molecule has 0 fully saturated rings. The van der Waals surface area contributed by atoms with Gasteiger partial charge in [0.15, 0.2) is 11.7 Å². The molecule has 2 rings (SSSR count).